The largest absolute Gasteiger partial charge is 0.416 e. The molecule has 3 rings (SSSR count). The highest BCUT2D eigenvalue weighted by atomic mass is 32.1. The van der Waals surface area contributed by atoms with E-state index in [9.17, 15) is 31.1 Å². The summed E-state index contributed by atoms with van der Waals surface area (Å²) in [5.74, 6) is 4.15. The number of carbonyl (C=O) groups is 1. The Morgan fingerprint density at radius 1 is 1.16 bits per heavy atom. The summed E-state index contributed by atoms with van der Waals surface area (Å²) in [5.41, 5.74) is -1.19. The molecule has 1 aliphatic carbocycles. The first-order chi connectivity index (χ1) is 14.4. The number of aromatic nitrogens is 3. The Labute approximate surface area is 176 Å². The molecule has 1 aromatic carbocycles. The van der Waals surface area contributed by atoms with Gasteiger partial charge in [0.1, 0.15) is 6.33 Å². The molecule has 0 radical (unpaired) electrons. The number of rotatable bonds is 5. The summed E-state index contributed by atoms with van der Waals surface area (Å²) >= 11 is 4.83. The Kier molecular flexibility index (Phi) is 6.04. The normalized spacial score (nSPS) is 18.8. The smallest absolute Gasteiger partial charge is 0.358 e. The number of ketones is 1. The second-order valence-corrected chi connectivity index (χ2v) is 7.04. The number of thiocarbonyl (C=S) groups is 1. The molecular formula is C17H14F6N6OS. The molecule has 1 saturated carbocycles. The maximum atomic E-state index is 13.0. The fourth-order valence-corrected chi connectivity index (χ4v) is 2.87. The third-order valence-electron chi connectivity index (χ3n) is 4.35. The van der Waals surface area contributed by atoms with Crippen molar-refractivity contribution in [2.75, 3.05) is 0 Å². The molecule has 166 valence electrons. The number of nitrogens with one attached hydrogen (secondary N) is 2. The molecule has 14 heteroatoms. The van der Waals surface area contributed by atoms with Crippen LogP contribution in [0.1, 0.15) is 17.5 Å². The van der Waals surface area contributed by atoms with Gasteiger partial charge in [-0.1, -0.05) is 0 Å². The Hall–Kier alpha value is -3.00. The van der Waals surface area contributed by atoms with E-state index in [1.54, 1.807) is 0 Å². The molecular weight excluding hydrogens is 450 g/mol. The fourth-order valence-electron chi connectivity index (χ4n) is 2.72. The molecule has 2 atom stereocenters. The van der Waals surface area contributed by atoms with Crippen LogP contribution in [0.3, 0.4) is 0 Å². The lowest BCUT2D eigenvalue weighted by molar-refractivity contribution is -0.143. The number of benzene rings is 1. The monoisotopic (exact) mass is 464 g/mol. The number of halogens is 6. The highest BCUT2D eigenvalue weighted by molar-refractivity contribution is 7.80. The minimum absolute atomic E-state index is 0.0189. The average Bonchev–Trinajstić information content (AvgIpc) is 3.28. The molecule has 2 unspecified atom stereocenters. The van der Waals surface area contributed by atoms with Gasteiger partial charge in [-0.2, -0.15) is 26.3 Å². The molecule has 31 heavy (non-hydrogen) atoms. The number of hydrogen-bond acceptors (Lipinski definition) is 5. The standard InChI is InChI=1S/C17H14F6N6OS/c18-16(19,20)9-3-8(4-10(5-9)17(21,22)23)14-25-7-29(28-14)2-1-13(30)11-6-12(11)26-15(31)27-24/h1-5,7,11-12H,6,24H2,(H2,26,27,31). The van der Waals surface area contributed by atoms with Crippen molar-refractivity contribution in [3.63, 3.8) is 0 Å². The number of hydrogen-bond donors (Lipinski definition) is 3. The van der Waals surface area contributed by atoms with Crippen molar-refractivity contribution >= 4 is 29.3 Å². The second kappa shape index (κ2) is 8.26. The van der Waals surface area contributed by atoms with E-state index in [2.05, 4.69) is 20.8 Å². The van der Waals surface area contributed by atoms with Crippen molar-refractivity contribution in [1.82, 2.24) is 25.5 Å². The van der Waals surface area contributed by atoms with Crippen LogP contribution in [0, 0.1) is 5.92 Å². The summed E-state index contributed by atoms with van der Waals surface area (Å²) in [5, 5.41) is 6.83. The van der Waals surface area contributed by atoms with Gasteiger partial charge in [0, 0.05) is 23.7 Å². The number of nitrogens with zero attached hydrogens (tertiary/aromatic N) is 3. The van der Waals surface area contributed by atoms with Crippen molar-refractivity contribution in [2.45, 2.75) is 24.8 Å². The summed E-state index contributed by atoms with van der Waals surface area (Å²) in [7, 11) is 0. The highest BCUT2D eigenvalue weighted by Crippen LogP contribution is 2.38. The van der Waals surface area contributed by atoms with Gasteiger partial charge < -0.3 is 10.7 Å². The van der Waals surface area contributed by atoms with Gasteiger partial charge in [-0.15, -0.1) is 5.10 Å². The second-order valence-electron chi connectivity index (χ2n) is 6.63. The Balaban J connectivity index is 1.77. The quantitative estimate of drug-likeness (QED) is 0.206. The van der Waals surface area contributed by atoms with Crippen molar-refractivity contribution < 1.29 is 31.1 Å². The molecule has 0 saturated heterocycles. The average molecular weight is 464 g/mol. The topological polar surface area (TPSA) is 97.9 Å². The molecule has 4 N–H and O–H groups in total. The number of nitrogens with two attached hydrogens (primary N) is 1. The van der Waals surface area contributed by atoms with Gasteiger partial charge in [0.05, 0.1) is 11.1 Å². The zero-order chi connectivity index (χ0) is 23.0. The molecule has 7 nitrogen and oxygen atoms in total. The lowest BCUT2D eigenvalue weighted by Crippen LogP contribution is -2.41. The Morgan fingerprint density at radius 2 is 1.77 bits per heavy atom. The van der Waals surface area contributed by atoms with E-state index in [0.717, 1.165) is 11.0 Å². The van der Waals surface area contributed by atoms with E-state index in [1.807, 2.05) is 0 Å². The van der Waals surface area contributed by atoms with Crippen molar-refractivity contribution in [3.05, 3.63) is 41.7 Å². The molecule has 0 amide bonds. The minimum atomic E-state index is -4.98. The van der Waals surface area contributed by atoms with Crippen LogP contribution in [0.5, 0.6) is 0 Å². The molecule has 2 aromatic rings. The zero-order valence-electron chi connectivity index (χ0n) is 15.3. The van der Waals surface area contributed by atoms with Gasteiger partial charge in [0.25, 0.3) is 0 Å². The van der Waals surface area contributed by atoms with Crippen LogP contribution in [0.25, 0.3) is 17.6 Å². The first kappa shape index (κ1) is 22.7. The first-order valence-electron chi connectivity index (χ1n) is 8.58. The SMILES string of the molecule is NNC(=S)NC1CC1C(=O)C=Cn1cnc(-c2cc(C(F)(F)F)cc(C(F)(F)F)c2)n1. The van der Waals surface area contributed by atoms with E-state index in [0.29, 0.717) is 18.6 Å². The fraction of sp³-hybridized carbons (Fsp3) is 0.294. The first-order valence-corrected chi connectivity index (χ1v) is 8.99. The number of alkyl halides is 6. The molecule has 1 fully saturated rings. The summed E-state index contributed by atoms with van der Waals surface area (Å²) in [6.07, 6.45) is -6.01. The summed E-state index contributed by atoms with van der Waals surface area (Å²) in [4.78, 5) is 15.9. The maximum absolute atomic E-state index is 13.0. The van der Waals surface area contributed by atoms with E-state index < -0.39 is 29.0 Å². The summed E-state index contributed by atoms with van der Waals surface area (Å²) in [6.45, 7) is 0. The minimum Gasteiger partial charge on any atom is -0.358 e. The molecule has 1 heterocycles. The molecule has 0 bridgehead atoms. The van der Waals surface area contributed by atoms with E-state index >= 15 is 0 Å². The summed E-state index contributed by atoms with van der Waals surface area (Å²) in [6, 6.07) is 0.889. The Morgan fingerprint density at radius 3 is 2.32 bits per heavy atom. The van der Waals surface area contributed by atoms with Gasteiger partial charge in [-0.3, -0.25) is 4.79 Å². The maximum Gasteiger partial charge on any atom is 0.416 e. The predicted octanol–water partition coefficient (Wildman–Crippen LogP) is 2.75. The number of hydrazine groups is 1. The molecule has 0 aliphatic heterocycles. The van der Waals surface area contributed by atoms with Crippen LogP contribution in [0.2, 0.25) is 0 Å². The van der Waals surface area contributed by atoms with Gasteiger partial charge in [0.15, 0.2) is 16.7 Å². The van der Waals surface area contributed by atoms with Crippen LogP contribution >= 0.6 is 12.2 Å². The van der Waals surface area contributed by atoms with E-state index in [4.69, 9.17) is 18.1 Å². The van der Waals surface area contributed by atoms with Crippen LogP contribution in [0.4, 0.5) is 26.3 Å². The number of allylic oxidation sites excluding steroid dienone is 1. The van der Waals surface area contributed by atoms with Gasteiger partial charge >= 0.3 is 12.4 Å². The Bertz CT molecular complexity index is 999. The third kappa shape index (κ3) is 5.58. The highest BCUT2D eigenvalue weighted by Gasteiger charge is 2.42. The molecule has 0 spiro atoms. The van der Waals surface area contributed by atoms with Crippen LogP contribution in [-0.4, -0.2) is 31.7 Å². The zero-order valence-corrected chi connectivity index (χ0v) is 16.1. The van der Waals surface area contributed by atoms with Crippen LogP contribution in [0.15, 0.2) is 30.6 Å². The van der Waals surface area contributed by atoms with Crippen molar-refractivity contribution in [2.24, 2.45) is 11.8 Å². The molecule has 1 aromatic heterocycles. The van der Waals surface area contributed by atoms with Crippen LogP contribution < -0.4 is 16.6 Å². The predicted molar refractivity (Wildman–Crippen MR) is 101 cm³/mol. The van der Waals surface area contributed by atoms with Gasteiger partial charge in [0.2, 0.25) is 0 Å². The summed E-state index contributed by atoms with van der Waals surface area (Å²) < 4.78 is 79.0. The van der Waals surface area contributed by atoms with Gasteiger partial charge in [-0.05, 0) is 42.9 Å². The number of carbonyl (C=O) groups excluding carboxylic acids is 1. The van der Waals surface area contributed by atoms with Crippen molar-refractivity contribution in [1.29, 1.82) is 0 Å². The van der Waals surface area contributed by atoms with Gasteiger partial charge in [-0.25, -0.2) is 15.5 Å². The van der Waals surface area contributed by atoms with E-state index in [1.165, 1.54) is 12.3 Å². The van der Waals surface area contributed by atoms with Crippen molar-refractivity contribution in [3.8, 4) is 11.4 Å². The van der Waals surface area contributed by atoms with E-state index in [-0.39, 0.29) is 34.7 Å². The third-order valence-corrected chi connectivity index (χ3v) is 4.59. The van der Waals surface area contributed by atoms with Crippen LogP contribution in [-0.2, 0) is 17.1 Å². The lowest BCUT2D eigenvalue weighted by atomic mass is 10.0. The lowest BCUT2D eigenvalue weighted by Gasteiger charge is -2.13. The molecule has 1 aliphatic rings.